The van der Waals surface area contributed by atoms with Crippen LogP contribution in [0.25, 0.3) is 0 Å². The maximum Gasteiger partial charge on any atom is 0.174 e. The zero-order chi connectivity index (χ0) is 7.61. The molecule has 0 amide bonds. The molecule has 0 aromatic carbocycles. The molecule has 2 heteroatoms. The van der Waals surface area contributed by atoms with E-state index >= 15 is 0 Å². The fraction of sp³-hybridized carbons (Fsp3) is 0.625. The Morgan fingerprint density at radius 1 is 1.80 bits per heavy atom. The molecule has 0 aliphatic carbocycles. The summed E-state index contributed by atoms with van der Waals surface area (Å²) in [6.07, 6.45) is 3.44. The van der Waals surface area contributed by atoms with E-state index in [0.29, 0.717) is 0 Å². The zero-order valence-electron chi connectivity index (χ0n) is 6.31. The molecule has 0 aromatic heterocycles. The van der Waals surface area contributed by atoms with Crippen LogP contribution in [-0.2, 0) is 4.79 Å². The first kappa shape index (κ1) is 7.48. The molecule has 1 fully saturated rings. The molecule has 1 saturated heterocycles. The topological polar surface area (TPSA) is 29.1 Å². The van der Waals surface area contributed by atoms with Gasteiger partial charge in [0.15, 0.2) is 5.78 Å². The van der Waals surface area contributed by atoms with E-state index in [9.17, 15) is 4.79 Å². The van der Waals surface area contributed by atoms with Crippen molar-refractivity contribution in [2.24, 2.45) is 0 Å². The number of rotatable bonds is 2. The van der Waals surface area contributed by atoms with Crippen molar-refractivity contribution in [3.05, 3.63) is 12.7 Å². The molecule has 56 valence electrons. The van der Waals surface area contributed by atoms with Crippen LogP contribution in [0.15, 0.2) is 12.7 Å². The first-order valence-corrected chi connectivity index (χ1v) is 3.61. The van der Waals surface area contributed by atoms with Gasteiger partial charge in [-0.3, -0.25) is 4.79 Å². The standard InChI is InChI=1S/C8H13NO/c1-3-7(10)8(2)5-4-6-9-8/h3,9H,1,4-6H2,2H3. The van der Waals surface area contributed by atoms with Crippen LogP contribution in [0.3, 0.4) is 0 Å². The van der Waals surface area contributed by atoms with Gasteiger partial charge in [-0.25, -0.2) is 0 Å². The van der Waals surface area contributed by atoms with Gasteiger partial charge in [-0.2, -0.15) is 0 Å². The van der Waals surface area contributed by atoms with E-state index in [-0.39, 0.29) is 11.3 Å². The molecular formula is C8H13NO. The smallest absolute Gasteiger partial charge is 0.174 e. The van der Waals surface area contributed by atoms with Gasteiger partial charge >= 0.3 is 0 Å². The Morgan fingerprint density at radius 2 is 2.50 bits per heavy atom. The van der Waals surface area contributed by atoms with Gasteiger partial charge in [-0.1, -0.05) is 6.58 Å². The highest BCUT2D eigenvalue weighted by Crippen LogP contribution is 2.19. The average molecular weight is 139 g/mol. The molecule has 1 aliphatic heterocycles. The third-order valence-electron chi connectivity index (χ3n) is 2.10. The Morgan fingerprint density at radius 3 is 2.90 bits per heavy atom. The second-order valence-corrected chi connectivity index (χ2v) is 2.93. The van der Waals surface area contributed by atoms with Crippen molar-refractivity contribution in [2.45, 2.75) is 25.3 Å². The van der Waals surface area contributed by atoms with Gasteiger partial charge in [0, 0.05) is 0 Å². The SMILES string of the molecule is C=CC(=O)C1(C)CCCN1. The predicted molar refractivity (Wildman–Crippen MR) is 40.8 cm³/mol. The summed E-state index contributed by atoms with van der Waals surface area (Å²) >= 11 is 0. The van der Waals surface area contributed by atoms with Crippen molar-refractivity contribution in [1.82, 2.24) is 5.32 Å². The summed E-state index contributed by atoms with van der Waals surface area (Å²) in [7, 11) is 0. The third kappa shape index (κ3) is 1.12. The number of hydrogen-bond donors (Lipinski definition) is 1. The minimum absolute atomic E-state index is 0.116. The lowest BCUT2D eigenvalue weighted by molar-refractivity contribution is -0.119. The number of carbonyl (C=O) groups is 1. The van der Waals surface area contributed by atoms with Crippen LogP contribution in [0.2, 0.25) is 0 Å². The van der Waals surface area contributed by atoms with E-state index in [1.54, 1.807) is 0 Å². The van der Waals surface area contributed by atoms with Crippen LogP contribution in [-0.4, -0.2) is 17.9 Å². The van der Waals surface area contributed by atoms with Crippen LogP contribution in [0.1, 0.15) is 19.8 Å². The maximum atomic E-state index is 11.2. The van der Waals surface area contributed by atoms with Crippen LogP contribution < -0.4 is 5.32 Å². The Bertz CT molecular complexity index is 157. The van der Waals surface area contributed by atoms with Crippen LogP contribution in [0.5, 0.6) is 0 Å². The van der Waals surface area contributed by atoms with Gasteiger partial charge in [0.25, 0.3) is 0 Å². The molecule has 0 bridgehead atoms. The number of carbonyl (C=O) groups excluding carboxylic acids is 1. The normalized spacial score (nSPS) is 32.1. The number of hydrogen-bond acceptors (Lipinski definition) is 2. The van der Waals surface area contributed by atoms with Gasteiger partial charge in [0.05, 0.1) is 5.54 Å². The number of nitrogens with one attached hydrogen (secondary N) is 1. The summed E-state index contributed by atoms with van der Waals surface area (Å²) in [5.74, 6) is 0.116. The van der Waals surface area contributed by atoms with Crippen molar-refractivity contribution < 1.29 is 4.79 Å². The van der Waals surface area contributed by atoms with Crippen molar-refractivity contribution >= 4 is 5.78 Å². The lowest BCUT2D eigenvalue weighted by Crippen LogP contribution is -2.43. The molecule has 0 aromatic rings. The molecule has 0 saturated carbocycles. The third-order valence-corrected chi connectivity index (χ3v) is 2.10. The summed E-state index contributed by atoms with van der Waals surface area (Å²) in [4.78, 5) is 11.2. The Labute approximate surface area is 61.3 Å². The van der Waals surface area contributed by atoms with E-state index in [2.05, 4.69) is 11.9 Å². The zero-order valence-corrected chi connectivity index (χ0v) is 6.31. The molecule has 10 heavy (non-hydrogen) atoms. The first-order valence-electron chi connectivity index (χ1n) is 3.61. The molecule has 1 aliphatic rings. The molecule has 0 radical (unpaired) electrons. The molecular weight excluding hydrogens is 126 g/mol. The fourth-order valence-corrected chi connectivity index (χ4v) is 1.33. The highest BCUT2D eigenvalue weighted by atomic mass is 16.1. The van der Waals surface area contributed by atoms with Crippen molar-refractivity contribution in [3.8, 4) is 0 Å². The summed E-state index contributed by atoms with van der Waals surface area (Å²) < 4.78 is 0. The van der Waals surface area contributed by atoms with E-state index in [1.165, 1.54) is 6.08 Å². The Hall–Kier alpha value is -0.630. The van der Waals surface area contributed by atoms with Gasteiger partial charge < -0.3 is 5.32 Å². The molecule has 1 N–H and O–H groups in total. The molecule has 1 heterocycles. The Balaban J connectivity index is 2.66. The van der Waals surface area contributed by atoms with Crippen LogP contribution in [0.4, 0.5) is 0 Å². The monoisotopic (exact) mass is 139 g/mol. The number of ketones is 1. The van der Waals surface area contributed by atoms with E-state index in [1.807, 2.05) is 6.92 Å². The largest absolute Gasteiger partial charge is 0.305 e. The van der Waals surface area contributed by atoms with Gasteiger partial charge in [-0.05, 0) is 32.4 Å². The summed E-state index contributed by atoms with van der Waals surface area (Å²) in [5, 5.41) is 3.16. The lowest BCUT2D eigenvalue weighted by Gasteiger charge is -2.19. The Kier molecular flexibility index (Phi) is 1.90. The molecule has 0 spiro atoms. The molecule has 1 rings (SSSR count). The maximum absolute atomic E-state index is 11.2. The quantitative estimate of drug-likeness (QED) is 0.575. The first-order chi connectivity index (χ1) is 4.69. The van der Waals surface area contributed by atoms with Crippen LogP contribution >= 0.6 is 0 Å². The fourth-order valence-electron chi connectivity index (χ4n) is 1.33. The molecule has 1 unspecified atom stereocenters. The van der Waals surface area contributed by atoms with Gasteiger partial charge in [0.1, 0.15) is 0 Å². The highest BCUT2D eigenvalue weighted by Gasteiger charge is 2.33. The predicted octanol–water partition coefficient (Wildman–Crippen LogP) is 0.884. The summed E-state index contributed by atoms with van der Waals surface area (Å²) in [5.41, 5.74) is -0.304. The van der Waals surface area contributed by atoms with Crippen molar-refractivity contribution in [1.29, 1.82) is 0 Å². The summed E-state index contributed by atoms with van der Waals surface area (Å²) in [6.45, 7) is 6.35. The van der Waals surface area contributed by atoms with Crippen molar-refractivity contribution in [2.75, 3.05) is 6.54 Å². The minimum Gasteiger partial charge on any atom is -0.305 e. The lowest BCUT2D eigenvalue weighted by atomic mass is 9.95. The average Bonchev–Trinajstić information content (AvgIpc) is 2.36. The van der Waals surface area contributed by atoms with Gasteiger partial charge in [0.2, 0.25) is 0 Å². The highest BCUT2D eigenvalue weighted by molar-refractivity contribution is 5.97. The van der Waals surface area contributed by atoms with E-state index in [4.69, 9.17) is 0 Å². The second kappa shape index (κ2) is 2.54. The van der Waals surface area contributed by atoms with E-state index in [0.717, 1.165) is 19.4 Å². The van der Waals surface area contributed by atoms with Crippen LogP contribution in [0, 0.1) is 0 Å². The minimum atomic E-state index is -0.304. The summed E-state index contributed by atoms with van der Waals surface area (Å²) in [6, 6.07) is 0. The molecule has 2 nitrogen and oxygen atoms in total. The van der Waals surface area contributed by atoms with Crippen molar-refractivity contribution in [3.63, 3.8) is 0 Å². The second-order valence-electron chi connectivity index (χ2n) is 2.93. The van der Waals surface area contributed by atoms with Gasteiger partial charge in [-0.15, -0.1) is 0 Å². The molecule has 1 atom stereocenters. The van der Waals surface area contributed by atoms with E-state index < -0.39 is 0 Å².